The van der Waals surface area contributed by atoms with Gasteiger partial charge in [0, 0.05) is 37.7 Å². The van der Waals surface area contributed by atoms with Crippen molar-refractivity contribution >= 4 is 57.1 Å². The molecule has 2 bridgehead atoms. The molecule has 5 nitrogen and oxygen atoms in total. The average molecular weight is 549 g/mol. The Morgan fingerprint density at radius 3 is 2.84 bits per heavy atom. The van der Waals surface area contributed by atoms with Crippen molar-refractivity contribution in [3.05, 3.63) is 85.8 Å². The van der Waals surface area contributed by atoms with Gasteiger partial charge in [-0.3, -0.25) is 9.59 Å². The van der Waals surface area contributed by atoms with Crippen LogP contribution >= 0.6 is 34.7 Å². The van der Waals surface area contributed by atoms with E-state index in [9.17, 15) is 9.59 Å². The molecule has 0 radical (unpaired) electrons. The van der Waals surface area contributed by atoms with E-state index in [-0.39, 0.29) is 23.3 Å². The van der Waals surface area contributed by atoms with Gasteiger partial charge in [-0.15, -0.1) is 11.8 Å². The molecule has 2 aliphatic carbocycles. The van der Waals surface area contributed by atoms with E-state index < -0.39 is 0 Å². The van der Waals surface area contributed by atoms with Gasteiger partial charge in [-0.2, -0.15) is 0 Å². The molecule has 4 aromatic rings. The highest BCUT2D eigenvalue weighted by molar-refractivity contribution is 8.00. The number of hydrogen-bond donors (Lipinski definition) is 2. The minimum atomic E-state index is -0.221. The van der Waals surface area contributed by atoms with Crippen LogP contribution in [0.25, 0.3) is 10.8 Å². The van der Waals surface area contributed by atoms with E-state index in [0.29, 0.717) is 33.8 Å². The summed E-state index contributed by atoms with van der Waals surface area (Å²) < 4.78 is 6.18. The summed E-state index contributed by atoms with van der Waals surface area (Å²) in [5, 5.41) is 7.17. The average Bonchev–Trinajstić information content (AvgIpc) is 3.61. The standard InChI is InChI=1S/C29H25ClN2O3S2/c30-18-10-11-22(35-14-23(33)31-21-7-3-5-15-4-1-2-6-19(15)21)20(13-18)25-24-16-8-9-17(12-16)26(24)36-28-27(25)37-29(34)32-28/h1-7,10-11,13,16-17,24-26H,8-9,12,14H2,(H,31,33)(H,32,34)/t16?,17?,24?,25-,26?/m1/s1. The number of carbonyl (C=O) groups is 1. The molecular weight excluding hydrogens is 524 g/mol. The Labute approximate surface area is 227 Å². The molecular formula is C29H25ClN2O3S2. The Bertz CT molecular complexity index is 1580. The maximum absolute atomic E-state index is 13.0. The first-order valence-corrected chi connectivity index (χ1v) is 14.7. The van der Waals surface area contributed by atoms with Gasteiger partial charge in [0.2, 0.25) is 0 Å². The Balaban J connectivity index is 1.19. The van der Waals surface area contributed by atoms with E-state index in [2.05, 4.69) is 10.3 Å². The first kappa shape index (κ1) is 23.4. The number of fused-ring (bicyclic) bond motifs is 7. The van der Waals surface area contributed by atoms with Crippen molar-refractivity contribution in [2.75, 3.05) is 11.9 Å². The zero-order valence-corrected chi connectivity index (χ0v) is 22.3. The van der Waals surface area contributed by atoms with Gasteiger partial charge in [-0.1, -0.05) is 59.3 Å². The van der Waals surface area contributed by atoms with Gasteiger partial charge in [0.05, 0.1) is 5.03 Å². The van der Waals surface area contributed by atoms with Crippen LogP contribution in [0.15, 0.2) is 70.5 Å². The predicted molar refractivity (Wildman–Crippen MR) is 150 cm³/mol. The number of ether oxygens (including phenoxy) is 1. The predicted octanol–water partition coefficient (Wildman–Crippen LogP) is 6.91. The zero-order valence-electron chi connectivity index (χ0n) is 19.9. The fraction of sp³-hybridized carbons (Fsp3) is 0.310. The normalized spacial score (nSPS) is 25.6. The zero-order chi connectivity index (χ0) is 25.1. The molecule has 5 atom stereocenters. The van der Waals surface area contributed by atoms with Crippen molar-refractivity contribution in [3.63, 3.8) is 0 Å². The number of aromatic nitrogens is 1. The highest BCUT2D eigenvalue weighted by Crippen LogP contribution is 2.64. The molecule has 7 rings (SSSR count). The number of aromatic amines is 1. The molecule has 2 saturated carbocycles. The molecule has 37 heavy (non-hydrogen) atoms. The van der Waals surface area contributed by atoms with E-state index in [1.54, 1.807) is 6.07 Å². The van der Waals surface area contributed by atoms with Gasteiger partial charge in [0.1, 0.15) is 5.75 Å². The van der Waals surface area contributed by atoms with Crippen LogP contribution in [0.1, 0.15) is 35.6 Å². The van der Waals surface area contributed by atoms with Crippen LogP contribution in [-0.4, -0.2) is 22.7 Å². The van der Waals surface area contributed by atoms with Crippen LogP contribution < -0.4 is 14.9 Å². The molecule has 188 valence electrons. The summed E-state index contributed by atoms with van der Waals surface area (Å²) in [5.41, 5.74) is 1.74. The lowest BCUT2D eigenvalue weighted by atomic mass is 9.74. The fourth-order valence-electron chi connectivity index (χ4n) is 6.76. The summed E-state index contributed by atoms with van der Waals surface area (Å²) in [4.78, 5) is 29.5. The lowest BCUT2D eigenvalue weighted by Gasteiger charge is -2.40. The first-order chi connectivity index (χ1) is 18.0. The number of benzene rings is 3. The number of thiazole rings is 1. The lowest BCUT2D eigenvalue weighted by Crippen LogP contribution is -2.34. The number of carbonyl (C=O) groups excluding carboxylic acids is 1. The molecule has 0 saturated heterocycles. The number of amides is 1. The molecule has 3 aromatic carbocycles. The van der Waals surface area contributed by atoms with Crippen LogP contribution in [0.4, 0.5) is 5.69 Å². The van der Waals surface area contributed by atoms with E-state index in [1.807, 2.05) is 66.4 Å². The number of halogens is 1. The first-order valence-electron chi connectivity index (χ1n) is 12.6. The minimum Gasteiger partial charge on any atom is -0.483 e. The van der Waals surface area contributed by atoms with Crippen molar-refractivity contribution in [1.29, 1.82) is 0 Å². The molecule has 2 N–H and O–H groups in total. The Hall–Kier alpha value is -2.74. The largest absolute Gasteiger partial charge is 0.483 e. The summed E-state index contributed by atoms with van der Waals surface area (Å²) in [7, 11) is 0. The van der Waals surface area contributed by atoms with Crippen LogP contribution in [-0.2, 0) is 4.79 Å². The monoisotopic (exact) mass is 548 g/mol. The Morgan fingerprint density at radius 2 is 1.92 bits per heavy atom. The second-order valence-electron chi connectivity index (χ2n) is 10.2. The van der Waals surface area contributed by atoms with Gasteiger partial charge in [0.15, 0.2) is 6.61 Å². The smallest absolute Gasteiger partial charge is 0.305 e. The summed E-state index contributed by atoms with van der Waals surface area (Å²) in [6.07, 6.45) is 3.76. The minimum absolute atomic E-state index is 0.0196. The van der Waals surface area contributed by atoms with E-state index in [1.165, 1.54) is 30.6 Å². The molecule has 2 fully saturated rings. The lowest BCUT2D eigenvalue weighted by molar-refractivity contribution is -0.118. The van der Waals surface area contributed by atoms with Crippen molar-refractivity contribution in [2.24, 2.45) is 17.8 Å². The van der Waals surface area contributed by atoms with Gasteiger partial charge < -0.3 is 15.0 Å². The topological polar surface area (TPSA) is 71.2 Å². The molecule has 0 spiro atoms. The molecule has 1 aliphatic heterocycles. The van der Waals surface area contributed by atoms with Crippen molar-refractivity contribution in [2.45, 2.75) is 35.5 Å². The maximum Gasteiger partial charge on any atom is 0.305 e. The van der Waals surface area contributed by atoms with Gasteiger partial charge >= 0.3 is 4.87 Å². The number of anilines is 1. The SMILES string of the molecule is O=C(COc1ccc(Cl)cc1[C@H]1c2sc(=O)[nH]c2SC2C3CCC(C3)C21)Nc1cccc2ccccc12. The summed E-state index contributed by atoms with van der Waals surface area (Å²) in [6.45, 7) is -0.115. The third kappa shape index (κ3) is 4.08. The van der Waals surface area contributed by atoms with Crippen LogP contribution in [0.2, 0.25) is 5.02 Å². The number of nitrogens with one attached hydrogen (secondary N) is 2. The highest BCUT2D eigenvalue weighted by Gasteiger charge is 2.55. The molecule has 4 unspecified atom stereocenters. The molecule has 2 heterocycles. The quantitative estimate of drug-likeness (QED) is 0.284. The van der Waals surface area contributed by atoms with Crippen molar-refractivity contribution < 1.29 is 9.53 Å². The Kier molecular flexibility index (Phi) is 5.83. The summed E-state index contributed by atoms with van der Waals surface area (Å²) in [5.74, 6) is 2.24. The van der Waals surface area contributed by atoms with Crippen molar-refractivity contribution in [1.82, 2.24) is 4.98 Å². The highest BCUT2D eigenvalue weighted by atomic mass is 35.5. The molecule has 8 heteroatoms. The van der Waals surface area contributed by atoms with Crippen molar-refractivity contribution in [3.8, 4) is 5.75 Å². The van der Waals surface area contributed by atoms with E-state index in [4.69, 9.17) is 16.3 Å². The Morgan fingerprint density at radius 1 is 1.08 bits per heavy atom. The van der Waals surface area contributed by atoms with Gasteiger partial charge in [-0.05, 0) is 66.7 Å². The maximum atomic E-state index is 13.0. The number of hydrogen-bond acceptors (Lipinski definition) is 5. The van der Waals surface area contributed by atoms with E-state index >= 15 is 0 Å². The number of rotatable bonds is 5. The fourth-order valence-corrected chi connectivity index (χ4v) is 9.82. The number of H-pyrrole nitrogens is 1. The van der Waals surface area contributed by atoms with Gasteiger partial charge in [0.25, 0.3) is 5.91 Å². The molecule has 1 amide bonds. The third-order valence-electron chi connectivity index (χ3n) is 8.19. The van der Waals surface area contributed by atoms with Crippen LogP contribution in [0.5, 0.6) is 5.75 Å². The van der Waals surface area contributed by atoms with Crippen LogP contribution in [0.3, 0.4) is 0 Å². The number of thioether (sulfide) groups is 1. The summed E-state index contributed by atoms with van der Waals surface area (Å²) in [6, 6.07) is 19.5. The molecule has 3 aliphatic rings. The van der Waals surface area contributed by atoms with Gasteiger partial charge in [-0.25, -0.2) is 0 Å². The van der Waals surface area contributed by atoms with Crippen LogP contribution in [0, 0.1) is 17.8 Å². The van der Waals surface area contributed by atoms with E-state index in [0.717, 1.165) is 31.9 Å². The second-order valence-corrected chi connectivity index (χ2v) is 12.9. The summed E-state index contributed by atoms with van der Waals surface area (Å²) >= 11 is 9.67. The second kappa shape index (κ2) is 9.22. The molecule has 1 aromatic heterocycles. The third-order valence-corrected chi connectivity index (χ3v) is 11.1.